The molecule has 1 aromatic heterocycles. The van der Waals surface area contributed by atoms with Crippen LogP contribution in [0.4, 0.5) is 5.69 Å². The van der Waals surface area contributed by atoms with Gasteiger partial charge in [0, 0.05) is 5.69 Å². The van der Waals surface area contributed by atoms with Crippen molar-refractivity contribution in [3.63, 3.8) is 0 Å². The summed E-state index contributed by atoms with van der Waals surface area (Å²) in [4.78, 5) is 12.0. The zero-order chi connectivity index (χ0) is 14.6. The molecule has 106 valence electrons. The van der Waals surface area contributed by atoms with Crippen LogP contribution < -0.4 is 5.32 Å². The monoisotopic (exact) mass is 307 g/mol. The SMILES string of the molecule is CC(C)(C)c1ccccc1NC(=O)CSc1nncs1. The van der Waals surface area contributed by atoms with Crippen LogP contribution in [-0.2, 0) is 10.2 Å². The predicted octanol–water partition coefficient (Wildman–Crippen LogP) is 3.57. The van der Waals surface area contributed by atoms with Gasteiger partial charge in [0.1, 0.15) is 5.51 Å². The minimum atomic E-state index is -0.0260. The first kappa shape index (κ1) is 15.0. The molecule has 0 saturated heterocycles. The number of nitrogens with zero attached hydrogens (tertiary/aromatic N) is 2. The molecule has 2 rings (SSSR count). The lowest BCUT2D eigenvalue weighted by Crippen LogP contribution is -2.19. The summed E-state index contributed by atoms with van der Waals surface area (Å²) in [6.45, 7) is 6.40. The quantitative estimate of drug-likeness (QED) is 0.877. The van der Waals surface area contributed by atoms with E-state index in [-0.39, 0.29) is 11.3 Å². The molecule has 0 unspecified atom stereocenters. The van der Waals surface area contributed by atoms with Gasteiger partial charge in [0.15, 0.2) is 4.34 Å². The molecule has 0 fully saturated rings. The van der Waals surface area contributed by atoms with Crippen LogP contribution in [0.25, 0.3) is 0 Å². The van der Waals surface area contributed by atoms with Gasteiger partial charge in [-0.1, -0.05) is 62.1 Å². The Kier molecular flexibility index (Phi) is 4.77. The van der Waals surface area contributed by atoms with E-state index in [0.717, 1.165) is 15.6 Å². The van der Waals surface area contributed by atoms with Crippen molar-refractivity contribution in [1.29, 1.82) is 0 Å². The van der Waals surface area contributed by atoms with Crippen LogP contribution in [0.5, 0.6) is 0 Å². The molecule has 20 heavy (non-hydrogen) atoms. The number of carbonyl (C=O) groups excluding carboxylic acids is 1. The summed E-state index contributed by atoms with van der Waals surface area (Å²) in [6, 6.07) is 7.91. The van der Waals surface area contributed by atoms with Gasteiger partial charge in [0.2, 0.25) is 5.91 Å². The molecular formula is C14H17N3OS2. The maximum Gasteiger partial charge on any atom is 0.234 e. The molecule has 4 nitrogen and oxygen atoms in total. The second-order valence-electron chi connectivity index (χ2n) is 5.34. The van der Waals surface area contributed by atoms with Gasteiger partial charge in [0.05, 0.1) is 5.75 Å². The van der Waals surface area contributed by atoms with Crippen molar-refractivity contribution in [1.82, 2.24) is 10.2 Å². The first-order valence-corrected chi connectivity index (χ1v) is 8.11. The van der Waals surface area contributed by atoms with E-state index in [4.69, 9.17) is 0 Å². The fourth-order valence-corrected chi connectivity index (χ4v) is 3.07. The number of anilines is 1. The van der Waals surface area contributed by atoms with Crippen molar-refractivity contribution < 1.29 is 4.79 Å². The van der Waals surface area contributed by atoms with E-state index >= 15 is 0 Å². The third-order valence-electron chi connectivity index (χ3n) is 2.68. The molecule has 0 bridgehead atoms. The summed E-state index contributed by atoms with van der Waals surface area (Å²) in [6.07, 6.45) is 0. The van der Waals surface area contributed by atoms with Gasteiger partial charge in [-0.05, 0) is 17.0 Å². The van der Waals surface area contributed by atoms with Crippen molar-refractivity contribution in [2.75, 3.05) is 11.1 Å². The van der Waals surface area contributed by atoms with Gasteiger partial charge in [0.25, 0.3) is 0 Å². The van der Waals surface area contributed by atoms with Gasteiger partial charge >= 0.3 is 0 Å². The standard InChI is InChI=1S/C14H17N3OS2/c1-14(2,3)10-6-4-5-7-11(10)16-12(18)8-19-13-17-15-9-20-13/h4-7,9H,8H2,1-3H3,(H,16,18). The summed E-state index contributed by atoms with van der Waals surface area (Å²) in [5, 5.41) is 10.6. The zero-order valence-electron chi connectivity index (χ0n) is 11.7. The lowest BCUT2D eigenvalue weighted by molar-refractivity contribution is -0.113. The molecule has 1 heterocycles. The molecule has 0 aliphatic rings. The van der Waals surface area contributed by atoms with Crippen LogP contribution in [0, 0.1) is 0 Å². The Morgan fingerprint density at radius 3 is 2.75 bits per heavy atom. The molecule has 1 N–H and O–H groups in total. The number of aromatic nitrogens is 2. The van der Waals surface area contributed by atoms with Gasteiger partial charge in [-0.2, -0.15) is 0 Å². The zero-order valence-corrected chi connectivity index (χ0v) is 13.3. The lowest BCUT2D eigenvalue weighted by atomic mass is 9.86. The fraction of sp³-hybridized carbons (Fsp3) is 0.357. The largest absolute Gasteiger partial charge is 0.325 e. The van der Waals surface area contributed by atoms with E-state index in [1.54, 1.807) is 5.51 Å². The first-order chi connectivity index (χ1) is 9.47. The Morgan fingerprint density at radius 1 is 1.35 bits per heavy atom. The van der Waals surface area contributed by atoms with Crippen molar-refractivity contribution in [2.24, 2.45) is 0 Å². The van der Waals surface area contributed by atoms with Gasteiger partial charge in [-0.3, -0.25) is 4.79 Å². The smallest absolute Gasteiger partial charge is 0.234 e. The molecule has 2 aromatic rings. The fourth-order valence-electron chi connectivity index (χ4n) is 1.79. The topological polar surface area (TPSA) is 54.9 Å². The Labute approximate surface area is 127 Å². The van der Waals surface area contributed by atoms with E-state index < -0.39 is 0 Å². The predicted molar refractivity (Wildman–Crippen MR) is 84.4 cm³/mol. The number of thioether (sulfide) groups is 1. The summed E-state index contributed by atoms with van der Waals surface area (Å²) in [5.74, 6) is 0.315. The average Bonchev–Trinajstić information content (AvgIpc) is 2.89. The Balaban J connectivity index is 2.01. The molecule has 0 aliphatic heterocycles. The first-order valence-electron chi connectivity index (χ1n) is 6.25. The molecule has 0 spiro atoms. The highest BCUT2D eigenvalue weighted by Gasteiger charge is 2.18. The van der Waals surface area contributed by atoms with Crippen molar-refractivity contribution >= 4 is 34.7 Å². The highest BCUT2D eigenvalue weighted by Crippen LogP contribution is 2.29. The van der Waals surface area contributed by atoms with Crippen LogP contribution in [0.2, 0.25) is 0 Å². The summed E-state index contributed by atoms with van der Waals surface area (Å²) in [7, 11) is 0. The molecule has 0 aliphatic carbocycles. The number of benzene rings is 1. The summed E-state index contributed by atoms with van der Waals surface area (Å²) in [5.41, 5.74) is 3.67. The van der Waals surface area contributed by atoms with Crippen LogP contribution in [0.15, 0.2) is 34.1 Å². The van der Waals surface area contributed by atoms with Gasteiger partial charge in [-0.15, -0.1) is 10.2 Å². The van der Waals surface area contributed by atoms with Crippen molar-refractivity contribution in [3.05, 3.63) is 35.3 Å². The van der Waals surface area contributed by atoms with Crippen LogP contribution in [0.3, 0.4) is 0 Å². The minimum absolute atomic E-state index is 0.00373. The highest BCUT2D eigenvalue weighted by molar-refractivity contribution is 8.01. The molecular weight excluding hydrogens is 290 g/mol. The van der Waals surface area contributed by atoms with Crippen molar-refractivity contribution in [2.45, 2.75) is 30.5 Å². The summed E-state index contributed by atoms with van der Waals surface area (Å²) < 4.78 is 0.809. The molecule has 1 aromatic carbocycles. The number of para-hydroxylation sites is 1. The summed E-state index contributed by atoms with van der Waals surface area (Å²) >= 11 is 2.84. The van der Waals surface area contributed by atoms with Gasteiger partial charge in [-0.25, -0.2) is 0 Å². The third-order valence-corrected chi connectivity index (χ3v) is 4.54. The van der Waals surface area contributed by atoms with Crippen LogP contribution in [0.1, 0.15) is 26.3 Å². The molecule has 0 radical (unpaired) electrons. The second kappa shape index (κ2) is 6.37. The maximum absolute atomic E-state index is 12.0. The van der Waals surface area contributed by atoms with Crippen LogP contribution >= 0.6 is 23.1 Å². The van der Waals surface area contributed by atoms with E-state index in [1.807, 2.05) is 24.3 Å². The number of carbonyl (C=O) groups is 1. The molecule has 6 heteroatoms. The van der Waals surface area contributed by atoms with E-state index in [0.29, 0.717) is 5.75 Å². The van der Waals surface area contributed by atoms with Crippen LogP contribution in [-0.4, -0.2) is 21.9 Å². The maximum atomic E-state index is 12.0. The van der Waals surface area contributed by atoms with Gasteiger partial charge < -0.3 is 5.32 Å². The number of nitrogens with one attached hydrogen (secondary N) is 1. The van der Waals surface area contributed by atoms with E-state index in [9.17, 15) is 4.79 Å². The van der Waals surface area contributed by atoms with E-state index in [2.05, 4.69) is 36.3 Å². The van der Waals surface area contributed by atoms with E-state index in [1.165, 1.54) is 23.1 Å². The average molecular weight is 307 g/mol. The Bertz CT molecular complexity index is 576. The highest BCUT2D eigenvalue weighted by atomic mass is 32.2. The molecule has 1 amide bonds. The second-order valence-corrected chi connectivity index (χ2v) is 7.39. The normalized spacial score (nSPS) is 11.3. The lowest BCUT2D eigenvalue weighted by Gasteiger charge is -2.22. The Hall–Kier alpha value is -1.40. The third kappa shape index (κ3) is 4.05. The minimum Gasteiger partial charge on any atom is -0.325 e. The Morgan fingerprint density at radius 2 is 2.10 bits per heavy atom. The number of amides is 1. The number of rotatable bonds is 4. The molecule has 0 atom stereocenters. The molecule has 0 saturated carbocycles. The number of hydrogen-bond acceptors (Lipinski definition) is 5. The van der Waals surface area contributed by atoms with Crippen molar-refractivity contribution in [3.8, 4) is 0 Å². The number of hydrogen-bond donors (Lipinski definition) is 1.